The van der Waals surface area contributed by atoms with Crippen LogP contribution in [0.4, 0.5) is 0 Å². The molecule has 0 atom stereocenters. The summed E-state index contributed by atoms with van der Waals surface area (Å²) in [6, 6.07) is 4.43. The summed E-state index contributed by atoms with van der Waals surface area (Å²) >= 11 is 0. The minimum atomic E-state index is 0.416. The molecule has 5 heteroatoms. The number of nitrogens with zero attached hydrogens (tertiary/aromatic N) is 3. The molecule has 0 amide bonds. The Morgan fingerprint density at radius 2 is 2.05 bits per heavy atom. The fourth-order valence-electron chi connectivity index (χ4n) is 2.47. The van der Waals surface area contributed by atoms with E-state index in [1.54, 1.807) is 12.4 Å². The van der Waals surface area contributed by atoms with Crippen LogP contribution in [0.15, 0.2) is 29.5 Å². The van der Waals surface area contributed by atoms with Gasteiger partial charge in [0.25, 0.3) is 0 Å². The van der Waals surface area contributed by atoms with Crippen molar-refractivity contribution < 1.29 is 0 Å². The van der Waals surface area contributed by atoms with Crippen LogP contribution >= 0.6 is 0 Å². The molecule has 0 bridgehead atoms. The summed E-state index contributed by atoms with van der Waals surface area (Å²) in [7, 11) is 2.00. The molecule has 0 aromatic carbocycles. The minimum Gasteiger partial charge on any atom is -0.341 e. The van der Waals surface area contributed by atoms with Crippen LogP contribution in [-0.4, -0.2) is 28.9 Å². The Balaban J connectivity index is 1.97. The van der Waals surface area contributed by atoms with E-state index in [4.69, 9.17) is 10.8 Å². The van der Waals surface area contributed by atoms with Crippen molar-refractivity contribution in [1.29, 1.82) is 0 Å². The smallest absolute Gasteiger partial charge is 0.208 e. The largest absolute Gasteiger partial charge is 0.341 e. The maximum Gasteiger partial charge on any atom is 0.208 e. The second kappa shape index (κ2) is 7.09. The highest BCUT2D eigenvalue weighted by Crippen LogP contribution is 2.20. The van der Waals surface area contributed by atoms with Gasteiger partial charge < -0.3 is 4.90 Å². The summed E-state index contributed by atoms with van der Waals surface area (Å²) in [6.07, 6.45) is 9.85. The van der Waals surface area contributed by atoms with Gasteiger partial charge in [0.05, 0.1) is 6.04 Å². The third-order valence-electron chi connectivity index (χ3n) is 3.54. The molecule has 0 aliphatic heterocycles. The van der Waals surface area contributed by atoms with Crippen LogP contribution in [0.1, 0.15) is 37.7 Å². The lowest BCUT2D eigenvalue weighted by molar-refractivity contribution is 0.423. The lowest BCUT2D eigenvalue weighted by Gasteiger charge is -2.24. The van der Waals surface area contributed by atoms with Crippen molar-refractivity contribution in [3.63, 3.8) is 0 Å². The summed E-state index contributed by atoms with van der Waals surface area (Å²) < 4.78 is 0. The van der Waals surface area contributed by atoms with Crippen LogP contribution in [0.25, 0.3) is 0 Å². The number of hydrazine groups is 1. The highest BCUT2D eigenvalue weighted by atomic mass is 15.4. The zero-order valence-corrected chi connectivity index (χ0v) is 11.5. The van der Waals surface area contributed by atoms with E-state index in [1.807, 2.05) is 24.1 Å². The topological polar surface area (TPSA) is 66.5 Å². The number of rotatable bonds is 3. The summed E-state index contributed by atoms with van der Waals surface area (Å²) in [5, 5.41) is 0. The normalized spacial score (nSPS) is 17.3. The highest BCUT2D eigenvalue weighted by molar-refractivity contribution is 5.79. The van der Waals surface area contributed by atoms with Crippen molar-refractivity contribution >= 4 is 5.96 Å². The predicted octanol–water partition coefficient (Wildman–Crippen LogP) is 1.67. The minimum absolute atomic E-state index is 0.416. The molecule has 1 fully saturated rings. The molecule has 1 aromatic heterocycles. The van der Waals surface area contributed by atoms with E-state index in [2.05, 4.69) is 10.4 Å². The van der Waals surface area contributed by atoms with Crippen molar-refractivity contribution in [3.8, 4) is 0 Å². The van der Waals surface area contributed by atoms with Gasteiger partial charge in [-0.1, -0.05) is 19.3 Å². The number of nitrogens with one attached hydrogen (secondary N) is 1. The van der Waals surface area contributed by atoms with E-state index in [1.165, 1.54) is 37.7 Å². The van der Waals surface area contributed by atoms with Crippen molar-refractivity contribution in [1.82, 2.24) is 15.3 Å². The van der Waals surface area contributed by atoms with E-state index in [9.17, 15) is 0 Å². The average Bonchev–Trinajstić information content (AvgIpc) is 2.47. The molecule has 104 valence electrons. The van der Waals surface area contributed by atoms with Crippen molar-refractivity contribution in [2.24, 2.45) is 10.8 Å². The Morgan fingerprint density at radius 1 is 1.37 bits per heavy atom. The molecule has 1 aliphatic rings. The van der Waals surface area contributed by atoms with Crippen LogP contribution < -0.4 is 11.3 Å². The van der Waals surface area contributed by atoms with Crippen LogP contribution in [0.2, 0.25) is 0 Å². The summed E-state index contributed by atoms with van der Waals surface area (Å²) in [6.45, 7) is 0.776. The number of aromatic nitrogens is 1. The highest BCUT2D eigenvalue weighted by Gasteiger charge is 2.14. The molecule has 1 heterocycles. The Hall–Kier alpha value is -1.62. The SMILES string of the molecule is CN(Cc1ccncc1)C(=NC1CCCCC1)NN. The van der Waals surface area contributed by atoms with Gasteiger partial charge >= 0.3 is 0 Å². The fourth-order valence-corrected chi connectivity index (χ4v) is 2.47. The Bertz CT molecular complexity index is 398. The number of hydrogen-bond acceptors (Lipinski definition) is 3. The van der Waals surface area contributed by atoms with Crippen LogP contribution in [0.5, 0.6) is 0 Å². The first kappa shape index (κ1) is 13.8. The van der Waals surface area contributed by atoms with Gasteiger partial charge in [-0.25, -0.2) is 10.8 Å². The van der Waals surface area contributed by atoms with Gasteiger partial charge in [0.15, 0.2) is 0 Å². The Morgan fingerprint density at radius 3 is 2.68 bits per heavy atom. The fraction of sp³-hybridized carbons (Fsp3) is 0.571. The van der Waals surface area contributed by atoms with E-state index >= 15 is 0 Å². The number of guanidine groups is 1. The van der Waals surface area contributed by atoms with E-state index in [0.29, 0.717) is 6.04 Å². The van der Waals surface area contributed by atoms with Gasteiger partial charge in [-0.05, 0) is 30.5 Å². The number of pyridine rings is 1. The molecule has 3 N–H and O–H groups in total. The first-order chi connectivity index (χ1) is 9.29. The lowest BCUT2D eigenvalue weighted by atomic mass is 9.96. The monoisotopic (exact) mass is 261 g/mol. The third kappa shape index (κ3) is 4.21. The summed E-state index contributed by atoms with van der Waals surface area (Å²) in [4.78, 5) is 10.8. The molecule has 2 rings (SSSR count). The molecule has 0 saturated heterocycles. The van der Waals surface area contributed by atoms with E-state index in [0.717, 1.165) is 12.5 Å². The van der Waals surface area contributed by atoms with E-state index in [-0.39, 0.29) is 0 Å². The first-order valence-electron chi connectivity index (χ1n) is 6.94. The van der Waals surface area contributed by atoms with Crippen molar-refractivity contribution in [2.75, 3.05) is 7.05 Å². The number of nitrogens with two attached hydrogens (primary N) is 1. The lowest BCUT2D eigenvalue weighted by Crippen LogP contribution is -2.43. The summed E-state index contributed by atoms with van der Waals surface area (Å²) in [5.74, 6) is 6.38. The zero-order valence-electron chi connectivity index (χ0n) is 11.5. The zero-order chi connectivity index (χ0) is 13.5. The molecule has 0 unspecified atom stereocenters. The molecule has 1 saturated carbocycles. The standard InChI is InChI=1S/C14H23N5/c1-19(11-12-7-9-16-10-8-12)14(18-15)17-13-5-3-2-4-6-13/h7-10,13H,2-6,11,15H2,1H3,(H,17,18). The van der Waals surface area contributed by atoms with Crippen LogP contribution in [0.3, 0.4) is 0 Å². The van der Waals surface area contributed by atoms with Crippen LogP contribution in [-0.2, 0) is 6.54 Å². The maximum atomic E-state index is 5.61. The van der Waals surface area contributed by atoms with Crippen molar-refractivity contribution in [2.45, 2.75) is 44.7 Å². The predicted molar refractivity (Wildman–Crippen MR) is 77.3 cm³/mol. The number of hydrogen-bond donors (Lipinski definition) is 2. The number of aliphatic imine (C=N–C) groups is 1. The van der Waals surface area contributed by atoms with Gasteiger partial charge in [0, 0.05) is 26.0 Å². The second-order valence-corrected chi connectivity index (χ2v) is 5.10. The van der Waals surface area contributed by atoms with Gasteiger partial charge in [-0.2, -0.15) is 0 Å². The molecular formula is C14H23N5. The Labute approximate surface area is 114 Å². The van der Waals surface area contributed by atoms with Gasteiger partial charge in [-0.15, -0.1) is 0 Å². The van der Waals surface area contributed by atoms with Crippen LogP contribution in [0, 0.1) is 0 Å². The summed E-state index contributed by atoms with van der Waals surface area (Å²) in [5.41, 5.74) is 3.93. The third-order valence-corrected chi connectivity index (χ3v) is 3.54. The molecular weight excluding hydrogens is 238 g/mol. The maximum absolute atomic E-state index is 5.61. The molecule has 1 aliphatic carbocycles. The van der Waals surface area contributed by atoms with Gasteiger partial charge in [0.2, 0.25) is 5.96 Å². The van der Waals surface area contributed by atoms with Crippen molar-refractivity contribution in [3.05, 3.63) is 30.1 Å². The first-order valence-corrected chi connectivity index (χ1v) is 6.94. The molecule has 5 nitrogen and oxygen atoms in total. The molecule has 0 spiro atoms. The van der Waals surface area contributed by atoms with Gasteiger partial charge in [-0.3, -0.25) is 10.4 Å². The van der Waals surface area contributed by atoms with E-state index < -0.39 is 0 Å². The molecule has 1 aromatic rings. The quantitative estimate of drug-likeness (QED) is 0.376. The Kier molecular flexibility index (Phi) is 5.15. The molecule has 0 radical (unpaired) electrons. The second-order valence-electron chi connectivity index (χ2n) is 5.10. The average molecular weight is 261 g/mol. The van der Waals surface area contributed by atoms with Gasteiger partial charge in [0.1, 0.15) is 0 Å². The molecule has 19 heavy (non-hydrogen) atoms.